The number of aromatic amines is 1. The topological polar surface area (TPSA) is 73.7 Å². The van der Waals surface area contributed by atoms with Crippen molar-refractivity contribution in [2.24, 2.45) is 0 Å². The van der Waals surface area contributed by atoms with Gasteiger partial charge in [-0.2, -0.15) is 0 Å². The molecular weight excluding hydrogens is 389 g/mol. The Labute approximate surface area is 160 Å². The molecule has 1 aromatic heterocycles. The summed E-state index contributed by atoms with van der Waals surface area (Å²) in [5, 5.41) is 5.58. The number of hydrogen-bond acceptors (Lipinski definition) is 4. The van der Waals surface area contributed by atoms with E-state index in [9.17, 15) is 4.79 Å². The van der Waals surface area contributed by atoms with Gasteiger partial charge in [-0.25, -0.2) is 10.3 Å². The molecule has 9 heteroatoms. The number of alkyl halides is 3. The standard InChI is InChI=1S/C16H16Cl3N3O3/c1-24-11-7-6-10(9-12(11)25-2)14(23)22-15(16(17,18)19)21-13-5-3-4-8-20-13/h3-9,15H,1-2H3,(H,20,21)(H,22,23)/p+1/t15-/m1/s1. The minimum absolute atomic E-state index is 0.329. The van der Waals surface area contributed by atoms with Crippen molar-refractivity contribution in [2.75, 3.05) is 19.5 Å². The maximum absolute atomic E-state index is 12.5. The van der Waals surface area contributed by atoms with Crippen molar-refractivity contribution in [3.63, 3.8) is 0 Å². The van der Waals surface area contributed by atoms with Gasteiger partial charge in [-0.15, -0.1) is 0 Å². The highest BCUT2D eigenvalue weighted by molar-refractivity contribution is 6.68. The Morgan fingerprint density at radius 1 is 1.12 bits per heavy atom. The van der Waals surface area contributed by atoms with Gasteiger partial charge in [0.05, 0.1) is 20.4 Å². The van der Waals surface area contributed by atoms with Crippen molar-refractivity contribution in [1.29, 1.82) is 0 Å². The highest BCUT2D eigenvalue weighted by Crippen LogP contribution is 2.31. The molecular formula is C16H17Cl3N3O3+. The van der Waals surface area contributed by atoms with E-state index in [1.807, 2.05) is 0 Å². The van der Waals surface area contributed by atoms with Gasteiger partial charge in [0.1, 0.15) is 0 Å². The molecule has 6 nitrogen and oxygen atoms in total. The molecule has 0 bridgehead atoms. The van der Waals surface area contributed by atoms with Crippen molar-refractivity contribution in [2.45, 2.75) is 9.96 Å². The molecule has 134 valence electrons. The number of hydrogen-bond donors (Lipinski definition) is 2. The van der Waals surface area contributed by atoms with Crippen LogP contribution in [-0.2, 0) is 0 Å². The van der Waals surface area contributed by atoms with Crippen LogP contribution >= 0.6 is 34.8 Å². The molecule has 0 radical (unpaired) electrons. The number of H-pyrrole nitrogens is 1. The molecule has 1 atom stereocenters. The monoisotopic (exact) mass is 404 g/mol. The molecule has 1 amide bonds. The molecule has 2 aromatic rings. The minimum Gasteiger partial charge on any atom is -0.493 e. The molecule has 3 N–H and O–H groups in total. The molecule has 0 saturated heterocycles. The van der Waals surface area contributed by atoms with Gasteiger partial charge in [0.25, 0.3) is 11.7 Å². The second-order valence-corrected chi connectivity index (χ2v) is 7.31. The van der Waals surface area contributed by atoms with Crippen LogP contribution in [0, 0.1) is 0 Å². The Balaban J connectivity index is 2.19. The van der Waals surface area contributed by atoms with Crippen molar-refractivity contribution in [3.05, 3.63) is 48.2 Å². The minimum atomic E-state index is -1.78. The van der Waals surface area contributed by atoms with E-state index in [1.165, 1.54) is 20.3 Å². The van der Waals surface area contributed by atoms with Crippen molar-refractivity contribution >= 4 is 46.5 Å². The molecule has 0 aliphatic heterocycles. The van der Waals surface area contributed by atoms with Gasteiger partial charge < -0.3 is 14.8 Å². The molecule has 0 aliphatic rings. The first-order valence-corrected chi connectivity index (χ1v) is 8.31. The number of benzene rings is 1. The van der Waals surface area contributed by atoms with Crippen molar-refractivity contribution < 1.29 is 19.3 Å². The van der Waals surface area contributed by atoms with Gasteiger partial charge in [0.2, 0.25) is 9.96 Å². The lowest BCUT2D eigenvalue weighted by molar-refractivity contribution is -0.361. The largest absolute Gasteiger partial charge is 0.493 e. The number of anilines is 1. The number of amides is 1. The number of pyridine rings is 1. The van der Waals surface area contributed by atoms with Crippen LogP contribution in [0.25, 0.3) is 0 Å². The lowest BCUT2D eigenvalue weighted by atomic mass is 10.2. The van der Waals surface area contributed by atoms with Crippen LogP contribution in [-0.4, -0.2) is 30.1 Å². The zero-order chi connectivity index (χ0) is 18.4. The third-order valence-electron chi connectivity index (χ3n) is 3.26. The van der Waals surface area contributed by atoms with E-state index in [2.05, 4.69) is 15.6 Å². The lowest BCUT2D eigenvalue weighted by Crippen LogP contribution is -2.49. The Morgan fingerprint density at radius 3 is 2.40 bits per heavy atom. The number of carbonyl (C=O) groups is 1. The predicted molar refractivity (Wildman–Crippen MR) is 97.7 cm³/mol. The van der Waals surface area contributed by atoms with Crippen LogP contribution in [0.1, 0.15) is 10.4 Å². The molecule has 2 rings (SSSR count). The molecule has 25 heavy (non-hydrogen) atoms. The molecule has 0 spiro atoms. The van der Waals surface area contributed by atoms with Crippen LogP contribution in [0.3, 0.4) is 0 Å². The summed E-state index contributed by atoms with van der Waals surface area (Å²) in [4.78, 5) is 15.5. The number of nitrogens with one attached hydrogen (secondary N) is 3. The number of carbonyl (C=O) groups excluding carboxylic acids is 1. The summed E-state index contributed by atoms with van der Waals surface area (Å²) >= 11 is 17.9. The second-order valence-electron chi connectivity index (χ2n) is 4.94. The number of ether oxygens (including phenoxy) is 2. The number of aromatic nitrogens is 1. The Kier molecular flexibility index (Phi) is 6.58. The summed E-state index contributed by atoms with van der Waals surface area (Å²) in [6, 6.07) is 10.1. The van der Waals surface area contributed by atoms with Gasteiger partial charge in [-0.3, -0.25) is 4.79 Å². The van der Waals surface area contributed by atoms with E-state index in [0.717, 1.165) is 0 Å². The maximum atomic E-state index is 12.5. The number of halogens is 3. The molecule has 1 heterocycles. The van der Waals surface area contributed by atoms with Crippen LogP contribution in [0.5, 0.6) is 11.5 Å². The van der Waals surface area contributed by atoms with E-state index in [-0.39, 0.29) is 0 Å². The fourth-order valence-corrected chi connectivity index (χ4v) is 2.36. The van der Waals surface area contributed by atoms with Crippen molar-refractivity contribution in [3.8, 4) is 11.5 Å². The fraction of sp³-hybridized carbons (Fsp3) is 0.250. The van der Waals surface area contributed by atoms with Crippen LogP contribution in [0.15, 0.2) is 42.6 Å². The smallest absolute Gasteiger partial charge is 0.273 e. The zero-order valence-electron chi connectivity index (χ0n) is 13.5. The summed E-state index contributed by atoms with van der Waals surface area (Å²) in [6.07, 6.45) is 0.727. The fourth-order valence-electron chi connectivity index (χ4n) is 2.03. The number of methoxy groups -OCH3 is 2. The normalized spacial score (nSPS) is 12.2. The third-order valence-corrected chi connectivity index (χ3v) is 3.91. The number of rotatable bonds is 6. The van der Waals surface area contributed by atoms with Gasteiger partial charge in [0, 0.05) is 11.6 Å². The molecule has 0 aliphatic carbocycles. The summed E-state index contributed by atoms with van der Waals surface area (Å²) < 4.78 is 8.56. The van der Waals surface area contributed by atoms with E-state index in [0.29, 0.717) is 22.9 Å². The van der Waals surface area contributed by atoms with Gasteiger partial charge in [0.15, 0.2) is 11.5 Å². The first-order valence-electron chi connectivity index (χ1n) is 7.18. The van der Waals surface area contributed by atoms with Crippen molar-refractivity contribution in [1.82, 2.24) is 5.32 Å². The highest BCUT2D eigenvalue weighted by atomic mass is 35.6. The van der Waals surface area contributed by atoms with Gasteiger partial charge >= 0.3 is 0 Å². The van der Waals surface area contributed by atoms with E-state index >= 15 is 0 Å². The Hall–Kier alpha value is -1.89. The van der Waals surface area contributed by atoms with Gasteiger partial charge in [-0.05, 0) is 24.3 Å². The average Bonchev–Trinajstić information content (AvgIpc) is 2.60. The third kappa shape index (κ3) is 5.29. The first kappa shape index (κ1) is 19.4. The van der Waals surface area contributed by atoms with Crippen LogP contribution in [0.2, 0.25) is 0 Å². The lowest BCUT2D eigenvalue weighted by Gasteiger charge is -2.22. The summed E-state index contributed by atoms with van der Waals surface area (Å²) in [5.41, 5.74) is 0.329. The predicted octanol–water partition coefficient (Wildman–Crippen LogP) is 3.06. The quantitative estimate of drug-likeness (QED) is 0.572. The SMILES string of the molecule is COc1ccc(C(=O)N[C@@H](Nc2cccc[nH+]2)C(Cl)(Cl)Cl)cc1OC. The first-order chi connectivity index (χ1) is 11.8. The Bertz CT molecular complexity index is 724. The van der Waals surface area contributed by atoms with E-state index in [1.54, 1.807) is 36.5 Å². The highest BCUT2D eigenvalue weighted by Gasteiger charge is 2.38. The van der Waals surface area contributed by atoms with E-state index < -0.39 is 15.9 Å². The van der Waals surface area contributed by atoms with Crippen LogP contribution in [0.4, 0.5) is 5.82 Å². The van der Waals surface area contributed by atoms with E-state index in [4.69, 9.17) is 44.3 Å². The summed E-state index contributed by atoms with van der Waals surface area (Å²) in [5.74, 6) is 1.06. The maximum Gasteiger partial charge on any atom is 0.273 e. The zero-order valence-corrected chi connectivity index (χ0v) is 15.7. The average molecular weight is 406 g/mol. The van der Waals surface area contributed by atoms with Gasteiger partial charge in [-0.1, -0.05) is 40.9 Å². The molecule has 1 aromatic carbocycles. The Morgan fingerprint density at radius 2 is 1.84 bits per heavy atom. The second kappa shape index (κ2) is 8.47. The molecule has 0 unspecified atom stereocenters. The molecule has 0 saturated carbocycles. The summed E-state index contributed by atoms with van der Waals surface area (Å²) in [7, 11) is 2.99. The van der Waals surface area contributed by atoms with Crippen LogP contribution < -0.4 is 25.1 Å². The molecule has 0 fully saturated rings. The summed E-state index contributed by atoms with van der Waals surface area (Å²) in [6.45, 7) is 0.